The van der Waals surface area contributed by atoms with Crippen molar-refractivity contribution in [3.05, 3.63) is 70.5 Å². The van der Waals surface area contributed by atoms with Crippen LogP contribution in [0.2, 0.25) is 0 Å². The van der Waals surface area contributed by atoms with Crippen LogP contribution in [0.4, 0.5) is 11.4 Å². The standard InChI is InChI=1S/C21H20N4O3/c1-13-7-8-14(15-9-10-20(26)24-23-15)11-16(13)22-21(27)19-12-25(2)17-5-3-4-6-18(17)28-19/h3-11,19H,12H2,1-2H3,(H,22,27)(H,24,26). The zero-order valence-electron chi connectivity index (χ0n) is 15.6. The van der Waals surface area contributed by atoms with Crippen LogP contribution in [0.15, 0.2) is 59.4 Å². The first-order valence-corrected chi connectivity index (χ1v) is 8.96. The minimum atomic E-state index is -0.617. The number of rotatable bonds is 3. The van der Waals surface area contributed by atoms with Crippen LogP contribution < -0.4 is 20.5 Å². The molecule has 142 valence electrons. The average molecular weight is 376 g/mol. The maximum absolute atomic E-state index is 12.8. The Morgan fingerprint density at radius 3 is 2.82 bits per heavy atom. The summed E-state index contributed by atoms with van der Waals surface area (Å²) in [6.07, 6.45) is -0.617. The second kappa shape index (κ2) is 7.19. The molecule has 0 radical (unpaired) electrons. The summed E-state index contributed by atoms with van der Waals surface area (Å²) in [4.78, 5) is 26.1. The van der Waals surface area contributed by atoms with Gasteiger partial charge in [0.1, 0.15) is 5.75 Å². The molecule has 3 aromatic rings. The number of nitrogens with zero attached hydrogens (tertiary/aromatic N) is 2. The highest BCUT2D eigenvalue weighted by Gasteiger charge is 2.29. The van der Waals surface area contributed by atoms with Crippen LogP contribution in [0, 0.1) is 6.92 Å². The first-order chi connectivity index (χ1) is 13.5. The molecule has 0 spiro atoms. The van der Waals surface area contributed by atoms with E-state index in [-0.39, 0.29) is 11.5 Å². The molecule has 0 saturated heterocycles. The molecule has 28 heavy (non-hydrogen) atoms. The van der Waals surface area contributed by atoms with E-state index >= 15 is 0 Å². The number of aromatic nitrogens is 2. The molecular formula is C21H20N4O3. The maximum Gasteiger partial charge on any atom is 0.267 e. The predicted octanol–water partition coefficient (Wildman–Crippen LogP) is 2.58. The first kappa shape index (κ1) is 17.8. The molecule has 0 saturated carbocycles. The molecule has 2 N–H and O–H groups in total. The van der Waals surface area contributed by atoms with E-state index in [0.717, 1.165) is 16.8 Å². The molecule has 1 unspecified atom stereocenters. The second-order valence-electron chi connectivity index (χ2n) is 6.78. The molecular weight excluding hydrogens is 356 g/mol. The van der Waals surface area contributed by atoms with Crippen LogP contribution in [0.5, 0.6) is 5.75 Å². The van der Waals surface area contributed by atoms with E-state index in [1.165, 1.54) is 6.07 Å². The highest BCUT2D eigenvalue weighted by atomic mass is 16.5. The Bertz CT molecular complexity index is 1070. The third kappa shape index (κ3) is 3.46. The van der Waals surface area contributed by atoms with Crippen LogP contribution in [0.3, 0.4) is 0 Å². The summed E-state index contributed by atoms with van der Waals surface area (Å²) in [5.41, 5.74) is 3.73. The molecule has 0 fully saturated rings. The number of aromatic amines is 1. The number of nitrogens with one attached hydrogen (secondary N) is 2. The number of carbonyl (C=O) groups excluding carboxylic acids is 1. The predicted molar refractivity (Wildman–Crippen MR) is 108 cm³/mol. The van der Waals surface area contributed by atoms with Gasteiger partial charge in [0, 0.05) is 24.4 Å². The van der Waals surface area contributed by atoms with Crippen LogP contribution in [-0.2, 0) is 4.79 Å². The van der Waals surface area contributed by atoms with E-state index in [1.54, 1.807) is 6.07 Å². The Morgan fingerprint density at radius 1 is 1.21 bits per heavy atom. The number of ether oxygens (including phenoxy) is 1. The number of amides is 1. The first-order valence-electron chi connectivity index (χ1n) is 8.96. The number of anilines is 2. The molecule has 0 bridgehead atoms. The van der Waals surface area contributed by atoms with Crippen molar-refractivity contribution in [2.75, 3.05) is 23.8 Å². The molecule has 7 nitrogen and oxygen atoms in total. The summed E-state index contributed by atoms with van der Waals surface area (Å²) in [5.74, 6) is 0.482. The third-order valence-corrected chi connectivity index (χ3v) is 4.75. The number of benzene rings is 2. The summed E-state index contributed by atoms with van der Waals surface area (Å²) in [6.45, 7) is 2.38. The number of hydrogen-bond acceptors (Lipinski definition) is 5. The maximum atomic E-state index is 12.8. The van der Waals surface area contributed by atoms with Gasteiger partial charge in [-0.3, -0.25) is 9.59 Å². The number of likely N-dealkylation sites (N-methyl/N-ethyl adjacent to an activating group) is 1. The zero-order chi connectivity index (χ0) is 19.7. The third-order valence-electron chi connectivity index (χ3n) is 4.75. The Morgan fingerprint density at radius 2 is 2.04 bits per heavy atom. The molecule has 1 amide bonds. The molecule has 1 atom stereocenters. The fourth-order valence-corrected chi connectivity index (χ4v) is 3.18. The topological polar surface area (TPSA) is 87.3 Å². The van der Waals surface area contributed by atoms with Crippen molar-refractivity contribution in [2.45, 2.75) is 13.0 Å². The van der Waals surface area contributed by atoms with Crippen molar-refractivity contribution in [3.8, 4) is 17.0 Å². The summed E-state index contributed by atoms with van der Waals surface area (Å²) in [6, 6.07) is 16.4. The number of fused-ring (bicyclic) bond motifs is 1. The second-order valence-corrected chi connectivity index (χ2v) is 6.78. The molecule has 7 heteroatoms. The molecule has 1 aromatic heterocycles. The van der Waals surface area contributed by atoms with Gasteiger partial charge in [0.15, 0.2) is 6.10 Å². The summed E-state index contributed by atoms with van der Waals surface area (Å²) < 4.78 is 5.90. The van der Waals surface area contributed by atoms with Gasteiger partial charge < -0.3 is 15.0 Å². The van der Waals surface area contributed by atoms with Crippen LogP contribution in [0.25, 0.3) is 11.3 Å². The van der Waals surface area contributed by atoms with Crippen LogP contribution >= 0.6 is 0 Å². The normalized spacial score (nSPS) is 15.5. The Labute approximate surface area is 162 Å². The van der Waals surface area contributed by atoms with Gasteiger partial charge in [0.2, 0.25) is 0 Å². The van der Waals surface area contributed by atoms with Crippen LogP contribution in [-0.4, -0.2) is 35.8 Å². The molecule has 0 aliphatic carbocycles. The highest BCUT2D eigenvalue weighted by Crippen LogP contribution is 2.32. The van der Waals surface area contributed by atoms with Gasteiger partial charge in [-0.25, -0.2) is 5.10 Å². The minimum absolute atomic E-state index is 0.212. The van der Waals surface area contributed by atoms with Crippen molar-refractivity contribution >= 4 is 17.3 Å². The smallest absolute Gasteiger partial charge is 0.267 e. The highest BCUT2D eigenvalue weighted by molar-refractivity contribution is 5.96. The van der Waals surface area contributed by atoms with Crippen molar-refractivity contribution in [1.82, 2.24) is 10.2 Å². The fraction of sp³-hybridized carbons (Fsp3) is 0.190. The van der Waals surface area contributed by atoms with Gasteiger partial charge >= 0.3 is 0 Å². The quantitative estimate of drug-likeness (QED) is 0.734. The Balaban J connectivity index is 1.56. The number of aryl methyl sites for hydroxylation is 1. The van der Waals surface area contributed by atoms with E-state index in [4.69, 9.17) is 4.74 Å². The largest absolute Gasteiger partial charge is 0.477 e. The lowest BCUT2D eigenvalue weighted by molar-refractivity contribution is -0.122. The van der Waals surface area contributed by atoms with Crippen molar-refractivity contribution in [2.24, 2.45) is 0 Å². The van der Waals surface area contributed by atoms with E-state index < -0.39 is 6.10 Å². The minimum Gasteiger partial charge on any atom is -0.477 e. The van der Waals surface area contributed by atoms with Gasteiger partial charge in [-0.15, -0.1) is 0 Å². The van der Waals surface area contributed by atoms with Crippen molar-refractivity contribution in [3.63, 3.8) is 0 Å². The number of H-pyrrole nitrogens is 1. The number of hydrogen-bond donors (Lipinski definition) is 2. The monoisotopic (exact) mass is 376 g/mol. The Kier molecular flexibility index (Phi) is 4.57. The van der Waals surface area contributed by atoms with Crippen molar-refractivity contribution < 1.29 is 9.53 Å². The van der Waals surface area contributed by atoms with E-state index in [2.05, 4.69) is 15.5 Å². The zero-order valence-corrected chi connectivity index (χ0v) is 15.6. The lowest BCUT2D eigenvalue weighted by Gasteiger charge is -2.33. The lowest BCUT2D eigenvalue weighted by atomic mass is 10.1. The molecule has 1 aliphatic rings. The van der Waals surface area contributed by atoms with E-state index in [9.17, 15) is 9.59 Å². The molecule has 1 aliphatic heterocycles. The van der Waals surface area contributed by atoms with E-state index in [0.29, 0.717) is 23.7 Å². The summed E-state index contributed by atoms with van der Waals surface area (Å²) >= 11 is 0. The average Bonchev–Trinajstić information content (AvgIpc) is 2.70. The van der Waals surface area contributed by atoms with Gasteiger partial charge in [-0.2, -0.15) is 5.10 Å². The van der Waals surface area contributed by atoms with Gasteiger partial charge in [-0.1, -0.05) is 24.3 Å². The Hall–Kier alpha value is -3.61. The van der Waals surface area contributed by atoms with E-state index in [1.807, 2.05) is 61.3 Å². The molecule has 2 heterocycles. The molecule has 2 aromatic carbocycles. The van der Waals surface area contributed by atoms with Crippen LogP contribution in [0.1, 0.15) is 5.56 Å². The fourth-order valence-electron chi connectivity index (χ4n) is 3.18. The van der Waals surface area contributed by atoms with Gasteiger partial charge in [0.25, 0.3) is 11.5 Å². The summed E-state index contributed by atoms with van der Waals surface area (Å²) in [7, 11) is 1.94. The van der Waals surface area contributed by atoms with Gasteiger partial charge in [0.05, 0.1) is 17.9 Å². The van der Waals surface area contributed by atoms with Crippen molar-refractivity contribution in [1.29, 1.82) is 0 Å². The lowest BCUT2D eigenvalue weighted by Crippen LogP contribution is -2.45. The molecule has 4 rings (SSSR count). The van der Waals surface area contributed by atoms with Gasteiger partial charge in [-0.05, 0) is 36.8 Å². The number of carbonyl (C=O) groups is 1. The number of para-hydroxylation sites is 2. The summed E-state index contributed by atoms with van der Waals surface area (Å²) in [5, 5.41) is 9.42. The SMILES string of the molecule is Cc1ccc(-c2ccc(=O)[nH]n2)cc1NC(=O)C1CN(C)c2ccccc2O1.